The molecule has 6 heteroatoms. The first-order valence-corrected chi connectivity index (χ1v) is 10.0. The van der Waals surface area contributed by atoms with Gasteiger partial charge in [0.25, 0.3) is 0 Å². The molecule has 0 aliphatic heterocycles. The van der Waals surface area contributed by atoms with E-state index in [1.807, 2.05) is 0 Å². The number of benzene rings is 2. The summed E-state index contributed by atoms with van der Waals surface area (Å²) >= 11 is 0. The molecule has 1 aliphatic carbocycles. The van der Waals surface area contributed by atoms with Gasteiger partial charge in [-0.15, -0.1) is 0 Å². The summed E-state index contributed by atoms with van der Waals surface area (Å²) in [4.78, 5) is 0.230. The van der Waals surface area contributed by atoms with E-state index < -0.39 is 21.5 Å². The molecule has 2 aromatic carbocycles. The highest BCUT2D eigenvalue weighted by molar-refractivity contribution is 7.91. The number of rotatable bonds is 4. The molecule has 0 spiro atoms. The molecule has 1 saturated carbocycles. The van der Waals surface area contributed by atoms with Crippen molar-refractivity contribution in [2.45, 2.75) is 36.6 Å². The van der Waals surface area contributed by atoms with Crippen LogP contribution in [0.1, 0.15) is 25.7 Å². The van der Waals surface area contributed by atoms with Crippen molar-refractivity contribution in [3.05, 3.63) is 54.1 Å². The number of hydrogen-bond donors (Lipinski definition) is 1. The van der Waals surface area contributed by atoms with Crippen molar-refractivity contribution < 1.29 is 17.2 Å². The summed E-state index contributed by atoms with van der Waals surface area (Å²) in [6, 6.07) is 9.61. The predicted octanol–water partition coefficient (Wildman–Crippen LogP) is 3.92. The lowest BCUT2D eigenvalue weighted by atomic mass is 9.88. The topological polar surface area (TPSA) is 60.2 Å². The standard InChI is InChI=1S/C19H21F2NO2S/c20-15-5-10-18(19(21)11-15)14-3-8-17(9-4-14)25(23,24)12-13-1-6-16(22)7-2-13/h3-5,8-11,13,16H,1-2,6-7,12,22H2. The molecule has 0 radical (unpaired) electrons. The Bertz CT molecular complexity index is 842. The molecule has 0 bridgehead atoms. The first kappa shape index (κ1) is 18.0. The molecule has 1 aliphatic rings. The van der Waals surface area contributed by atoms with Crippen LogP contribution in [0.2, 0.25) is 0 Å². The molecule has 0 heterocycles. The number of nitrogens with two attached hydrogens (primary N) is 1. The summed E-state index contributed by atoms with van der Waals surface area (Å²) in [5, 5.41) is 0. The third-order valence-corrected chi connectivity index (χ3v) is 6.70. The van der Waals surface area contributed by atoms with Crippen LogP contribution in [-0.2, 0) is 9.84 Å². The average Bonchev–Trinajstić information content (AvgIpc) is 2.57. The van der Waals surface area contributed by atoms with E-state index >= 15 is 0 Å². The van der Waals surface area contributed by atoms with Crippen LogP contribution in [-0.4, -0.2) is 20.2 Å². The van der Waals surface area contributed by atoms with Crippen molar-refractivity contribution >= 4 is 9.84 Å². The van der Waals surface area contributed by atoms with Crippen LogP contribution in [0.4, 0.5) is 8.78 Å². The fourth-order valence-corrected chi connectivity index (χ4v) is 5.02. The van der Waals surface area contributed by atoms with Crippen molar-refractivity contribution in [1.29, 1.82) is 0 Å². The Morgan fingerprint density at radius 1 is 0.960 bits per heavy atom. The molecule has 134 valence electrons. The maximum atomic E-state index is 13.8. The van der Waals surface area contributed by atoms with Crippen LogP contribution in [0.3, 0.4) is 0 Å². The number of hydrogen-bond acceptors (Lipinski definition) is 3. The van der Waals surface area contributed by atoms with Crippen LogP contribution < -0.4 is 5.73 Å². The minimum absolute atomic E-state index is 0.115. The molecule has 0 amide bonds. The van der Waals surface area contributed by atoms with Crippen molar-refractivity contribution in [1.82, 2.24) is 0 Å². The molecular formula is C19H21F2NO2S. The van der Waals surface area contributed by atoms with Gasteiger partial charge in [0.1, 0.15) is 11.6 Å². The summed E-state index contributed by atoms with van der Waals surface area (Å²) in [5.74, 6) is -1.06. The Labute approximate surface area is 146 Å². The van der Waals surface area contributed by atoms with Gasteiger partial charge in [0.2, 0.25) is 0 Å². The smallest absolute Gasteiger partial charge is 0.178 e. The second-order valence-corrected chi connectivity index (χ2v) is 8.74. The monoisotopic (exact) mass is 365 g/mol. The Hall–Kier alpha value is -1.79. The number of halogens is 2. The van der Waals surface area contributed by atoms with Crippen LogP contribution in [0, 0.1) is 17.6 Å². The third-order valence-electron chi connectivity index (χ3n) is 4.80. The van der Waals surface area contributed by atoms with Gasteiger partial charge in [-0.1, -0.05) is 12.1 Å². The molecule has 0 aromatic heterocycles. The Kier molecular flexibility index (Phi) is 5.20. The molecular weight excluding hydrogens is 344 g/mol. The largest absolute Gasteiger partial charge is 0.328 e. The van der Waals surface area contributed by atoms with E-state index in [-0.39, 0.29) is 28.2 Å². The highest BCUT2D eigenvalue weighted by Crippen LogP contribution is 2.28. The van der Waals surface area contributed by atoms with Gasteiger partial charge >= 0.3 is 0 Å². The zero-order chi connectivity index (χ0) is 18.0. The minimum atomic E-state index is -3.39. The van der Waals surface area contributed by atoms with Crippen LogP contribution in [0.25, 0.3) is 11.1 Å². The van der Waals surface area contributed by atoms with Crippen molar-refractivity contribution in [2.75, 3.05) is 5.75 Å². The molecule has 0 saturated heterocycles. The van der Waals surface area contributed by atoms with Crippen LogP contribution >= 0.6 is 0 Å². The SMILES string of the molecule is NC1CCC(CS(=O)(=O)c2ccc(-c3ccc(F)cc3F)cc2)CC1. The van der Waals surface area contributed by atoms with Gasteiger partial charge in [-0.2, -0.15) is 0 Å². The lowest BCUT2D eigenvalue weighted by molar-refractivity contribution is 0.348. The molecule has 3 rings (SSSR count). The van der Waals surface area contributed by atoms with E-state index in [4.69, 9.17) is 5.73 Å². The average molecular weight is 365 g/mol. The van der Waals surface area contributed by atoms with E-state index in [0.717, 1.165) is 31.7 Å². The minimum Gasteiger partial charge on any atom is -0.328 e. The first-order chi connectivity index (χ1) is 11.8. The highest BCUT2D eigenvalue weighted by atomic mass is 32.2. The third kappa shape index (κ3) is 4.25. The lowest BCUT2D eigenvalue weighted by Crippen LogP contribution is -2.29. The van der Waals surface area contributed by atoms with Gasteiger partial charge in [-0.3, -0.25) is 0 Å². The Morgan fingerprint density at radius 2 is 1.60 bits per heavy atom. The van der Waals surface area contributed by atoms with Crippen molar-refractivity contribution in [3.8, 4) is 11.1 Å². The molecule has 0 unspecified atom stereocenters. The van der Waals surface area contributed by atoms with E-state index in [9.17, 15) is 17.2 Å². The summed E-state index contributed by atoms with van der Waals surface area (Å²) in [7, 11) is -3.39. The van der Waals surface area contributed by atoms with E-state index in [1.165, 1.54) is 24.3 Å². The maximum absolute atomic E-state index is 13.8. The van der Waals surface area contributed by atoms with Gasteiger partial charge < -0.3 is 5.73 Å². The van der Waals surface area contributed by atoms with Crippen molar-refractivity contribution in [3.63, 3.8) is 0 Å². The van der Waals surface area contributed by atoms with E-state index in [1.54, 1.807) is 12.1 Å². The first-order valence-electron chi connectivity index (χ1n) is 8.39. The Balaban J connectivity index is 1.77. The second kappa shape index (κ2) is 7.22. The lowest BCUT2D eigenvalue weighted by Gasteiger charge is -2.25. The fraction of sp³-hybridized carbons (Fsp3) is 0.368. The van der Waals surface area contributed by atoms with Gasteiger partial charge in [0.05, 0.1) is 10.6 Å². The zero-order valence-electron chi connectivity index (χ0n) is 13.8. The highest BCUT2D eigenvalue weighted by Gasteiger charge is 2.25. The van der Waals surface area contributed by atoms with E-state index in [2.05, 4.69) is 0 Å². The van der Waals surface area contributed by atoms with Gasteiger partial charge in [-0.05, 0) is 61.4 Å². The number of sulfone groups is 1. The molecule has 2 aromatic rings. The summed E-state index contributed by atoms with van der Waals surface area (Å²) in [6.07, 6.45) is 3.39. The summed E-state index contributed by atoms with van der Waals surface area (Å²) < 4.78 is 52.0. The van der Waals surface area contributed by atoms with Gasteiger partial charge in [-0.25, -0.2) is 17.2 Å². The fourth-order valence-electron chi connectivity index (χ4n) is 3.33. The maximum Gasteiger partial charge on any atom is 0.178 e. The normalized spacial score (nSPS) is 21.2. The molecule has 2 N–H and O–H groups in total. The van der Waals surface area contributed by atoms with E-state index in [0.29, 0.717) is 5.56 Å². The van der Waals surface area contributed by atoms with Gasteiger partial charge in [0.15, 0.2) is 9.84 Å². The van der Waals surface area contributed by atoms with Gasteiger partial charge in [0, 0.05) is 17.7 Å². The predicted molar refractivity (Wildman–Crippen MR) is 93.8 cm³/mol. The summed E-state index contributed by atoms with van der Waals surface area (Å²) in [5.41, 5.74) is 6.62. The molecule has 25 heavy (non-hydrogen) atoms. The molecule has 1 fully saturated rings. The quantitative estimate of drug-likeness (QED) is 0.893. The summed E-state index contributed by atoms with van der Waals surface area (Å²) in [6.45, 7) is 0. The Morgan fingerprint density at radius 3 is 2.20 bits per heavy atom. The molecule has 3 nitrogen and oxygen atoms in total. The van der Waals surface area contributed by atoms with Crippen molar-refractivity contribution in [2.24, 2.45) is 11.7 Å². The zero-order valence-corrected chi connectivity index (χ0v) is 14.6. The second-order valence-electron chi connectivity index (χ2n) is 6.71. The van der Waals surface area contributed by atoms with Crippen LogP contribution in [0.15, 0.2) is 47.4 Å². The molecule has 0 atom stereocenters. The van der Waals surface area contributed by atoms with Crippen LogP contribution in [0.5, 0.6) is 0 Å².